The molecule has 1 aliphatic carbocycles. The van der Waals surface area contributed by atoms with Gasteiger partial charge in [-0.15, -0.1) is 0 Å². The first-order valence-electron chi connectivity index (χ1n) is 7.06. The first kappa shape index (κ1) is 15.4. The number of aliphatic hydroxyl groups is 1. The molecule has 0 radical (unpaired) electrons. The molecule has 106 valence electrons. The standard InChI is InChI=1S/C14H28N2O2/c1-10-6-5-7-13(12(10)3)15-14(18)9-16(4)8-11(2)17/h10-13,17H,5-9H2,1-4H3,(H,15,18). The highest BCUT2D eigenvalue weighted by molar-refractivity contribution is 5.78. The van der Waals surface area contributed by atoms with Crippen LogP contribution in [-0.2, 0) is 4.79 Å². The minimum Gasteiger partial charge on any atom is -0.392 e. The summed E-state index contributed by atoms with van der Waals surface area (Å²) in [5, 5.41) is 12.4. The maximum atomic E-state index is 11.9. The van der Waals surface area contributed by atoms with E-state index in [0.717, 1.165) is 6.42 Å². The fourth-order valence-corrected chi connectivity index (χ4v) is 2.80. The van der Waals surface area contributed by atoms with E-state index < -0.39 is 6.10 Å². The lowest BCUT2D eigenvalue weighted by Crippen LogP contribution is -2.47. The highest BCUT2D eigenvalue weighted by Crippen LogP contribution is 2.29. The molecule has 0 saturated heterocycles. The number of likely N-dealkylation sites (N-methyl/N-ethyl adjacent to an activating group) is 1. The average Bonchev–Trinajstić information content (AvgIpc) is 2.23. The summed E-state index contributed by atoms with van der Waals surface area (Å²) in [6.07, 6.45) is 3.18. The minimum absolute atomic E-state index is 0.0732. The van der Waals surface area contributed by atoms with Crippen molar-refractivity contribution < 1.29 is 9.90 Å². The third-order valence-electron chi connectivity index (χ3n) is 4.04. The van der Waals surface area contributed by atoms with Crippen LogP contribution in [0.1, 0.15) is 40.0 Å². The van der Waals surface area contributed by atoms with Crippen LogP contribution in [0.3, 0.4) is 0 Å². The van der Waals surface area contributed by atoms with Crippen LogP contribution in [0, 0.1) is 11.8 Å². The van der Waals surface area contributed by atoms with Gasteiger partial charge >= 0.3 is 0 Å². The predicted molar refractivity (Wildman–Crippen MR) is 73.3 cm³/mol. The van der Waals surface area contributed by atoms with Crippen LogP contribution < -0.4 is 5.32 Å². The Morgan fingerprint density at radius 3 is 2.72 bits per heavy atom. The SMILES string of the molecule is CC(O)CN(C)CC(=O)NC1CCCC(C)C1C. The van der Waals surface area contributed by atoms with E-state index >= 15 is 0 Å². The third-order valence-corrected chi connectivity index (χ3v) is 4.04. The largest absolute Gasteiger partial charge is 0.392 e. The van der Waals surface area contributed by atoms with Crippen molar-refractivity contribution in [2.24, 2.45) is 11.8 Å². The molecule has 1 rings (SSSR count). The molecule has 4 atom stereocenters. The van der Waals surface area contributed by atoms with Crippen LogP contribution >= 0.6 is 0 Å². The van der Waals surface area contributed by atoms with Gasteiger partial charge in [-0.2, -0.15) is 0 Å². The third kappa shape index (κ3) is 4.94. The molecule has 0 aromatic heterocycles. The van der Waals surface area contributed by atoms with Crippen LogP contribution in [-0.4, -0.2) is 48.2 Å². The monoisotopic (exact) mass is 256 g/mol. The predicted octanol–water partition coefficient (Wildman–Crippen LogP) is 1.24. The zero-order chi connectivity index (χ0) is 13.7. The molecule has 4 nitrogen and oxygen atoms in total. The van der Waals surface area contributed by atoms with Gasteiger partial charge < -0.3 is 10.4 Å². The molecular formula is C14H28N2O2. The summed E-state index contributed by atoms with van der Waals surface area (Å²) < 4.78 is 0. The van der Waals surface area contributed by atoms with Gasteiger partial charge in [-0.25, -0.2) is 0 Å². The van der Waals surface area contributed by atoms with Crippen LogP contribution in [0.25, 0.3) is 0 Å². The van der Waals surface area contributed by atoms with E-state index in [4.69, 9.17) is 0 Å². The van der Waals surface area contributed by atoms with Crippen molar-refractivity contribution in [2.75, 3.05) is 20.1 Å². The molecular weight excluding hydrogens is 228 g/mol. The summed E-state index contributed by atoms with van der Waals surface area (Å²) in [7, 11) is 1.86. The van der Waals surface area contributed by atoms with Gasteiger partial charge in [0.15, 0.2) is 0 Å². The molecule has 0 heterocycles. The second-order valence-corrected chi connectivity index (χ2v) is 5.99. The number of hydrogen-bond acceptors (Lipinski definition) is 3. The summed E-state index contributed by atoms with van der Waals surface area (Å²) in [4.78, 5) is 13.8. The smallest absolute Gasteiger partial charge is 0.234 e. The number of hydrogen-bond donors (Lipinski definition) is 2. The molecule has 1 amide bonds. The van der Waals surface area contributed by atoms with Crippen molar-refractivity contribution in [3.63, 3.8) is 0 Å². The summed E-state index contributed by atoms with van der Waals surface area (Å²) in [5.41, 5.74) is 0. The second-order valence-electron chi connectivity index (χ2n) is 5.99. The lowest BCUT2D eigenvalue weighted by Gasteiger charge is -2.35. The van der Waals surface area contributed by atoms with Gasteiger partial charge in [-0.1, -0.05) is 26.7 Å². The maximum absolute atomic E-state index is 11.9. The van der Waals surface area contributed by atoms with E-state index in [1.807, 2.05) is 11.9 Å². The molecule has 0 aromatic carbocycles. The molecule has 0 bridgehead atoms. The molecule has 18 heavy (non-hydrogen) atoms. The Balaban J connectivity index is 2.35. The van der Waals surface area contributed by atoms with E-state index in [2.05, 4.69) is 19.2 Å². The van der Waals surface area contributed by atoms with Gasteiger partial charge in [-0.3, -0.25) is 9.69 Å². The highest BCUT2D eigenvalue weighted by atomic mass is 16.3. The van der Waals surface area contributed by atoms with E-state index in [-0.39, 0.29) is 5.91 Å². The number of nitrogens with one attached hydrogen (secondary N) is 1. The number of rotatable bonds is 5. The first-order chi connectivity index (χ1) is 8.40. The Hall–Kier alpha value is -0.610. The lowest BCUT2D eigenvalue weighted by molar-refractivity contribution is -0.123. The lowest BCUT2D eigenvalue weighted by atomic mass is 9.78. The Morgan fingerprint density at radius 1 is 1.44 bits per heavy atom. The zero-order valence-corrected chi connectivity index (χ0v) is 12.1. The van der Waals surface area contributed by atoms with Crippen LogP contribution in [0.2, 0.25) is 0 Å². The van der Waals surface area contributed by atoms with Crippen LogP contribution in [0.5, 0.6) is 0 Å². The quantitative estimate of drug-likeness (QED) is 0.778. The zero-order valence-electron chi connectivity index (χ0n) is 12.1. The number of carbonyl (C=O) groups excluding carboxylic acids is 1. The van der Waals surface area contributed by atoms with Gasteiger partial charge in [0.05, 0.1) is 12.6 Å². The van der Waals surface area contributed by atoms with Crippen molar-refractivity contribution in [3.8, 4) is 0 Å². The average molecular weight is 256 g/mol. The van der Waals surface area contributed by atoms with Crippen molar-refractivity contribution in [1.82, 2.24) is 10.2 Å². The molecule has 2 N–H and O–H groups in total. The summed E-state index contributed by atoms with van der Waals surface area (Å²) >= 11 is 0. The fraction of sp³-hybridized carbons (Fsp3) is 0.929. The Kier molecular flexibility index (Phi) is 6.09. The van der Waals surface area contributed by atoms with E-state index in [1.165, 1.54) is 12.8 Å². The van der Waals surface area contributed by atoms with Gasteiger partial charge in [0.25, 0.3) is 0 Å². The van der Waals surface area contributed by atoms with Gasteiger partial charge in [0, 0.05) is 12.6 Å². The van der Waals surface area contributed by atoms with E-state index in [9.17, 15) is 9.90 Å². The topological polar surface area (TPSA) is 52.6 Å². The molecule has 1 aliphatic rings. The molecule has 0 spiro atoms. The van der Waals surface area contributed by atoms with Crippen LogP contribution in [0.15, 0.2) is 0 Å². The molecule has 1 saturated carbocycles. The van der Waals surface area contributed by atoms with Crippen molar-refractivity contribution in [1.29, 1.82) is 0 Å². The molecule has 4 unspecified atom stereocenters. The summed E-state index contributed by atoms with van der Waals surface area (Å²) in [5.74, 6) is 1.33. The maximum Gasteiger partial charge on any atom is 0.234 e. The highest BCUT2D eigenvalue weighted by Gasteiger charge is 2.28. The second kappa shape index (κ2) is 7.10. The van der Waals surface area contributed by atoms with Crippen molar-refractivity contribution >= 4 is 5.91 Å². The summed E-state index contributed by atoms with van der Waals surface area (Å²) in [6.45, 7) is 7.13. The van der Waals surface area contributed by atoms with Gasteiger partial charge in [0.1, 0.15) is 0 Å². The van der Waals surface area contributed by atoms with Gasteiger partial charge in [-0.05, 0) is 32.2 Å². The van der Waals surface area contributed by atoms with Crippen molar-refractivity contribution in [3.05, 3.63) is 0 Å². The Morgan fingerprint density at radius 2 is 2.11 bits per heavy atom. The molecule has 4 heteroatoms. The Bertz CT molecular complexity index is 269. The fourth-order valence-electron chi connectivity index (χ4n) is 2.80. The molecule has 0 aromatic rings. The molecule has 1 fully saturated rings. The number of carbonyl (C=O) groups is 1. The number of aliphatic hydroxyl groups excluding tert-OH is 1. The van der Waals surface area contributed by atoms with Crippen LogP contribution in [0.4, 0.5) is 0 Å². The summed E-state index contributed by atoms with van der Waals surface area (Å²) in [6, 6.07) is 0.321. The minimum atomic E-state index is -0.392. The van der Waals surface area contributed by atoms with Gasteiger partial charge in [0.2, 0.25) is 5.91 Å². The first-order valence-corrected chi connectivity index (χ1v) is 7.06. The molecule has 0 aliphatic heterocycles. The number of nitrogens with zero attached hydrogens (tertiary/aromatic N) is 1. The normalized spacial score (nSPS) is 30.2. The number of amides is 1. The Labute approximate surface area is 111 Å². The van der Waals surface area contributed by atoms with Crippen molar-refractivity contribution in [2.45, 2.75) is 52.2 Å². The van der Waals surface area contributed by atoms with E-state index in [0.29, 0.717) is 31.0 Å². The van der Waals surface area contributed by atoms with E-state index in [1.54, 1.807) is 6.92 Å².